The maximum atomic E-state index is 12.2. The van der Waals surface area contributed by atoms with Gasteiger partial charge >= 0.3 is 11.9 Å². The summed E-state index contributed by atoms with van der Waals surface area (Å²) < 4.78 is 10.3. The minimum Gasteiger partial charge on any atom is -0.493 e. The van der Waals surface area contributed by atoms with E-state index >= 15 is 0 Å². The number of ether oxygens (including phenoxy) is 2. The Kier molecular flexibility index (Phi) is 7.45. The maximum Gasteiger partial charge on any atom is 0.326 e. The summed E-state index contributed by atoms with van der Waals surface area (Å²) >= 11 is 0. The van der Waals surface area contributed by atoms with Gasteiger partial charge in [0, 0.05) is 29.3 Å². The number of carboxylic acids is 2. The Hall–Kier alpha value is -3.23. The van der Waals surface area contributed by atoms with Crippen LogP contribution >= 0.6 is 0 Å². The number of benzene rings is 1. The number of nitrogen functional groups attached to an aromatic ring is 1. The van der Waals surface area contributed by atoms with Crippen LogP contribution in [0.4, 0.5) is 5.69 Å². The van der Waals surface area contributed by atoms with Crippen LogP contribution in [-0.2, 0) is 14.4 Å². The molecular weight excluding hydrogens is 344 g/mol. The molecule has 0 aliphatic heterocycles. The Balaban J connectivity index is 2.99. The minimum atomic E-state index is -1.31. The number of nitrogens with two attached hydrogens (primary N) is 1. The third-order valence-corrected chi connectivity index (χ3v) is 3.57. The average Bonchev–Trinajstić information content (AvgIpc) is 2.58. The van der Waals surface area contributed by atoms with Gasteiger partial charge in [0.05, 0.1) is 14.2 Å². The lowest BCUT2D eigenvalue weighted by Crippen LogP contribution is -2.41. The Labute approximate surface area is 150 Å². The van der Waals surface area contributed by atoms with Gasteiger partial charge in [0.15, 0.2) is 11.5 Å². The summed E-state index contributed by atoms with van der Waals surface area (Å²) in [6, 6.07) is 1.83. The monoisotopic (exact) mass is 366 g/mol. The number of anilines is 1. The Morgan fingerprint density at radius 2 is 1.77 bits per heavy atom. The molecule has 142 valence electrons. The Bertz CT molecular complexity index is 728. The molecule has 0 aliphatic carbocycles. The highest BCUT2D eigenvalue weighted by Crippen LogP contribution is 2.32. The summed E-state index contributed by atoms with van der Waals surface area (Å²) in [7, 11) is 2.93. The number of hydrogen-bond donors (Lipinski definition) is 4. The van der Waals surface area contributed by atoms with Crippen LogP contribution in [0, 0.1) is 0 Å². The Morgan fingerprint density at radius 3 is 2.27 bits per heavy atom. The second kappa shape index (κ2) is 9.30. The molecule has 0 bridgehead atoms. The molecule has 5 N–H and O–H groups in total. The van der Waals surface area contributed by atoms with E-state index in [1.165, 1.54) is 27.2 Å². The summed E-state index contributed by atoms with van der Waals surface area (Å²) in [5.74, 6) is -2.24. The van der Waals surface area contributed by atoms with Crippen molar-refractivity contribution in [3.05, 3.63) is 23.3 Å². The van der Waals surface area contributed by atoms with Gasteiger partial charge in [0.2, 0.25) is 5.91 Å². The molecule has 0 spiro atoms. The molecule has 0 fully saturated rings. The zero-order chi connectivity index (χ0) is 19.9. The zero-order valence-corrected chi connectivity index (χ0v) is 14.7. The van der Waals surface area contributed by atoms with Crippen LogP contribution in [0.5, 0.6) is 11.5 Å². The first-order valence-electron chi connectivity index (χ1n) is 7.64. The largest absolute Gasteiger partial charge is 0.493 e. The quantitative estimate of drug-likeness (QED) is 0.375. The number of carbonyl (C=O) groups is 3. The lowest BCUT2D eigenvalue weighted by Gasteiger charge is -2.14. The highest BCUT2D eigenvalue weighted by Gasteiger charge is 2.21. The molecule has 1 amide bonds. The van der Waals surface area contributed by atoms with Crippen LogP contribution in [0.15, 0.2) is 17.7 Å². The van der Waals surface area contributed by atoms with Gasteiger partial charge in [-0.2, -0.15) is 0 Å². The summed E-state index contributed by atoms with van der Waals surface area (Å²) in [5, 5.41) is 20.0. The molecule has 9 nitrogen and oxygen atoms in total. The summed E-state index contributed by atoms with van der Waals surface area (Å²) in [6.45, 7) is 1.49. The number of aliphatic carboxylic acids is 2. The van der Waals surface area contributed by atoms with Gasteiger partial charge < -0.3 is 30.7 Å². The van der Waals surface area contributed by atoms with E-state index in [2.05, 4.69) is 5.32 Å². The van der Waals surface area contributed by atoms with E-state index in [0.717, 1.165) is 0 Å². The number of amides is 1. The first kappa shape index (κ1) is 20.8. The molecule has 0 aromatic heterocycles. The van der Waals surface area contributed by atoms with Crippen LogP contribution in [0.25, 0.3) is 6.08 Å². The number of hydrogen-bond acceptors (Lipinski definition) is 6. The van der Waals surface area contributed by atoms with Gasteiger partial charge in [-0.25, -0.2) is 4.79 Å². The summed E-state index contributed by atoms with van der Waals surface area (Å²) in [5.41, 5.74) is 6.96. The standard InChI is InChI=1S/C17H22N2O7/c1-9(16(22)19-12(17(23)24)4-5-15(20)21)6-10-7-13(25-2)14(26-3)8-11(10)18/h6-8,12H,4-5,18H2,1-3H3,(H,19,22)(H,20,21)(H,23,24)/b9-6+. The van der Waals surface area contributed by atoms with Crippen molar-refractivity contribution < 1.29 is 34.1 Å². The van der Waals surface area contributed by atoms with Crippen LogP contribution in [-0.4, -0.2) is 48.3 Å². The van der Waals surface area contributed by atoms with Crippen LogP contribution in [0.3, 0.4) is 0 Å². The van der Waals surface area contributed by atoms with Crippen molar-refractivity contribution in [3.8, 4) is 11.5 Å². The van der Waals surface area contributed by atoms with Crippen molar-refractivity contribution in [2.75, 3.05) is 20.0 Å². The van der Waals surface area contributed by atoms with Gasteiger partial charge in [-0.15, -0.1) is 0 Å². The smallest absolute Gasteiger partial charge is 0.326 e. The van der Waals surface area contributed by atoms with E-state index in [1.807, 2.05) is 0 Å². The molecule has 1 unspecified atom stereocenters. The number of methoxy groups -OCH3 is 2. The highest BCUT2D eigenvalue weighted by molar-refractivity contribution is 5.99. The molecular formula is C17H22N2O7. The molecule has 9 heteroatoms. The lowest BCUT2D eigenvalue weighted by molar-refractivity contribution is -0.142. The minimum absolute atomic E-state index is 0.200. The Morgan fingerprint density at radius 1 is 1.19 bits per heavy atom. The van der Waals surface area contributed by atoms with Gasteiger partial charge in [-0.05, 0) is 25.5 Å². The van der Waals surface area contributed by atoms with E-state index < -0.39 is 23.9 Å². The van der Waals surface area contributed by atoms with Crippen molar-refractivity contribution in [2.45, 2.75) is 25.8 Å². The van der Waals surface area contributed by atoms with Crippen LogP contribution < -0.4 is 20.5 Å². The van der Waals surface area contributed by atoms with Gasteiger partial charge in [0.25, 0.3) is 0 Å². The molecule has 1 aromatic carbocycles. The highest BCUT2D eigenvalue weighted by atomic mass is 16.5. The van der Waals surface area contributed by atoms with E-state index in [1.54, 1.807) is 12.1 Å². The predicted octanol–water partition coefficient (Wildman–Crippen LogP) is 1.12. The van der Waals surface area contributed by atoms with Crippen molar-refractivity contribution in [1.82, 2.24) is 5.32 Å². The van der Waals surface area contributed by atoms with E-state index in [-0.39, 0.29) is 18.4 Å². The molecule has 26 heavy (non-hydrogen) atoms. The molecule has 1 aromatic rings. The maximum absolute atomic E-state index is 12.2. The molecule has 1 rings (SSSR count). The fourth-order valence-electron chi connectivity index (χ4n) is 2.13. The second-order valence-corrected chi connectivity index (χ2v) is 5.46. The lowest BCUT2D eigenvalue weighted by atomic mass is 10.1. The van der Waals surface area contributed by atoms with Gasteiger partial charge in [-0.1, -0.05) is 0 Å². The van der Waals surface area contributed by atoms with E-state index in [9.17, 15) is 14.4 Å². The SMILES string of the molecule is COc1cc(N)c(/C=C(\C)C(=O)NC(CCC(=O)O)C(=O)O)cc1OC. The van der Waals surface area contributed by atoms with Gasteiger partial charge in [-0.3, -0.25) is 9.59 Å². The number of carboxylic acid groups (broad SMARTS) is 2. The second-order valence-electron chi connectivity index (χ2n) is 5.46. The number of carbonyl (C=O) groups excluding carboxylic acids is 1. The van der Waals surface area contributed by atoms with Crippen LogP contribution in [0.2, 0.25) is 0 Å². The average molecular weight is 366 g/mol. The van der Waals surface area contributed by atoms with Crippen LogP contribution in [0.1, 0.15) is 25.3 Å². The third kappa shape index (κ3) is 5.69. The first-order valence-corrected chi connectivity index (χ1v) is 7.64. The van der Waals surface area contributed by atoms with E-state index in [0.29, 0.717) is 22.7 Å². The normalized spacial score (nSPS) is 12.2. The summed E-state index contributed by atoms with van der Waals surface area (Å²) in [4.78, 5) is 34.0. The number of rotatable bonds is 9. The molecule has 0 saturated heterocycles. The van der Waals surface area contributed by atoms with Gasteiger partial charge in [0.1, 0.15) is 6.04 Å². The van der Waals surface area contributed by atoms with Crippen molar-refractivity contribution >= 4 is 29.6 Å². The first-order chi connectivity index (χ1) is 12.2. The molecule has 0 aliphatic rings. The van der Waals surface area contributed by atoms with E-state index in [4.69, 9.17) is 25.4 Å². The molecule has 0 saturated carbocycles. The topological polar surface area (TPSA) is 148 Å². The van der Waals surface area contributed by atoms with Crippen molar-refractivity contribution in [3.63, 3.8) is 0 Å². The fourth-order valence-corrected chi connectivity index (χ4v) is 2.13. The fraction of sp³-hybridized carbons (Fsp3) is 0.353. The predicted molar refractivity (Wildman–Crippen MR) is 94.0 cm³/mol. The molecule has 1 atom stereocenters. The third-order valence-electron chi connectivity index (χ3n) is 3.57. The molecule has 0 heterocycles. The van der Waals surface area contributed by atoms with Crippen molar-refractivity contribution in [2.24, 2.45) is 0 Å². The van der Waals surface area contributed by atoms with Crippen molar-refractivity contribution in [1.29, 1.82) is 0 Å². The summed E-state index contributed by atoms with van der Waals surface area (Å²) in [6.07, 6.45) is 0.882. The molecule has 0 radical (unpaired) electrons. The zero-order valence-electron chi connectivity index (χ0n) is 14.7. The number of nitrogens with one attached hydrogen (secondary N) is 1.